The molecule has 2 aromatic carbocycles. The van der Waals surface area contributed by atoms with E-state index in [1.807, 2.05) is 0 Å². The summed E-state index contributed by atoms with van der Waals surface area (Å²) in [7, 11) is 0. The number of esters is 1. The van der Waals surface area contributed by atoms with E-state index in [1.165, 1.54) is 54.6 Å². The van der Waals surface area contributed by atoms with Crippen molar-refractivity contribution >= 4 is 18.0 Å². The second-order valence-corrected chi connectivity index (χ2v) is 8.22. The Kier molecular flexibility index (Phi) is 7.05. The number of phenolic OH excluding ortho intramolecular Hbond substituents is 1. The van der Waals surface area contributed by atoms with Crippen LogP contribution in [0.2, 0.25) is 0 Å². The lowest BCUT2D eigenvalue weighted by Crippen LogP contribution is -2.60. The lowest BCUT2D eigenvalue weighted by molar-refractivity contribution is -0.277. The van der Waals surface area contributed by atoms with Crippen LogP contribution < -0.4 is 4.74 Å². The van der Waals surface area contributed by atoms with Crippen LogP contribution in [0.3, 0.4) is 0 Å². The van der Waals surface area contributed by atoms with Gasteiger partial charge in [0.15, 0.2) is 0 Å². The number of phenols is 1. The molecule has 0 amide bonds. The van der Waals surface area contributed by atoms with Gasteiger partial charge in [-0.15, -0.1) is 0 Å². The molecule has 11 heteroatoms. The van der Waals surface area contributed by atoms with Crippen LogP contribution in [0.15, 0.2) is 54.1 Å². The molecule has 0 radical (unpaired) electrons. The number of rotatable bonds is 6. The van der Waals surface area contributed by atoms with Crippen molar-refractivity contribution < 1.29 is 54.4 Å². The topological polar surface area (TPSA) is 183 Å². The van der Waals surface area contributed by atoms with Crippen molar-refractivity contribution in [2.45, 2.75) is 36.8 Å². The molecule has 6 N–H and O–H groups in total. The van der Waals surface area contributed by atoms with Crippen LogP contribution in [0.4, 0.5) is 0 Å². The van der Waals surface area contributed by atoms with Gasteiger partial charge in [-0.1, -0.05) is 24.3 Å². The zero-order valence-electron chi connectivity index (χ0n) is 18.2. The number of cyclic esters (lactones) is 1. The third kappa shape index (κ3) is 4.99. The molecule has 35 heavy (non-hydrogen) atoms. The number of carboxylic acid groups (broad SMARTS) is 1. The third-order valence-electron chi connectivity index (χ3n) is 5.90. The number of aromatic hydroxyl groups is 1. The molecule has 2 saturated heterocycles. The molecule has 0 aromatic heterocycles. The van der Waals surface area contributed by atoms with E-state index >= 15 is 0 Å². The number of hydrogen-bond acceptors (Lipinski definition) is 10. The molecule has 2 fully saturated rings. The summed E-state index contributed by atoms with van der Waals surface area (Å²) < 4.78 is 16.2. The van der Waals surface area contributed by atoms with Crippen LogP contribution in [0.1, 0.15) is 17.2 Å². The number of aliphatic carboxylic acids is 1. The SMILES string of the molecule is O=C1O[C@@H](c2ccc(O[C@@H]3O[C@H](CO)[C@@H](O)[C@H](O)[C@@H]3O)cc2)[C@@H](C(=O)O)C1=Cc1ccc(O)cc1. The Morgan fingerprint density at radius 2 is 1.63 bits per heavy atom. The lowest BCUT2D eigenvalue weighted by atomic mass is 9.90. The minimum atomic E-state index is -1.60. The molecule has 0 spiro atoms. The Hall–Kier alpha value is -3.48. The summed E-state index contributed by atoms with van der Waals surface area (Å²) in [6, 6.07) is 11.7. The molecule has 0 unspecified atom stereocenters. The summed E-state index contributed by atoms with van der Waals surface area (Å²) in [5, 5.41) is 58.4. The normalized spacial score (nSPS) is 31.8. The molecular formula is C24H24O11. The third-order valence-corrected chi connectivity index (χ3v) is 5.90. The van der Waals surface area contributed by atoms with Crippen LogP contribution in [0.5, 0.6) is 11.5 Å². The molecule has 0 saturated carbocycles. The van der Waals surface area contributed by atoms with Crippen LogP contribution in [-0.4, -0.2) is 79.9 Å². The molecule has 2 aliphatic heterocycles. The summed E-state index contributed by atoms with van der Waals surface area (Å²) in [4.78, 5) is 24.5. The maximum atomic E-state index is 12.5. The number of ether oxygens (including phenoxy) is 3. The molecule has 7 atom stereocenters. The smallest absolute Gasteiger partial charge is 0.335 e. The van der Waals surface area contributed by atoms with Gasteiger partial charge in [0.05, 0.1) is 12.2 Å². The summed E-state index contributed by atoms with van der Waals surface area (Å²) in [6.07, 6.45) is -6.93. The van der Waals surface area contributed by atoms with Crippen molar-refractivity contribution in [2.24, 2.45) is 5.92 Å². The molecule has 11 nitrogen and oxygen atoms in total. The highest BCUT2D eigenvalue weighted by molar-refractivity contribution is 6.02. The number of aliphatic hydroxyl groups excluding tert-OH is 4. The van der Waals surface area contributed by atoms with Gasteiger partial charge in [-0.25, -0.2) is 4.79 Å². The first-order valence-electron chi connectivity index (χ1n) is 10.7. The van der Waals surface area contributed by atoms with E-state index in [1.54, 1.807) is 0 Å². The Morgan fingerprint density at radius 1 is 0.971 bits per heavy atom. The van der Waals surface area contributed by atoms with Crippen molar-refractivity contribution in [3.8, 4) is 11.5 Å². The van der Waals surface area contributed by atoms with Gasteiger partial charge in [-0.05, 0) is 41.5 Å². The summed E-state index contributed by atoms with van der Waals surface area (Å²) in [6.45, 7) is -0.604. The number of hydrogen-bond donors (Lipinski definition) is 6. The van der Waals surface area contributed by atoms with Crippen molar-refractivity contribution in [2.75, 3.05) is 6.61 Å². The van der Waals surface area contributed by atoms with Gasteiger partial charge in [0, 0.05) is 0 Å². The predicted molar refractivity (Wildman–Crippen MR) is 117 cm³/mol. The van der Waals surface area contributed by atoms with E-state index in [0.29, 0.717) is 11.1 Å². The molecule has 186 valence electrons. The fourth-order valence-electron chi connectivity index (χ4n) is 4.00. The maximum absolute atomic E-state index is 12.5. The van der Waals surface area contributed by atoms with E-state index < -0.39 is 61.3 Å². The molecule has 2 aromatic rings. The van der Waals surface area contributed by atoms with Gasteiger partial charge >= 0.3 is 11.9 Å². The second-order valence-electron chi connectivity index (χ2n) is 8.22. The van der Waals surface area contributed by atoms with Gasteiger partial charge in [0.2, 0.25) is 6.29 Å². The monoisotopic (exact) mass is 488 g/mol. The summed E-state index contributed by atoms with van der Waals surface area (Å²) in [5.41, 5.74) is 0.848. The molecule has 2 aliphatic rings. The predicted octanol–water partition coefficient (Wildman–Crippen LogP) is -0.0468. The first kappa shape index (κ1) is 24.6. The Morgan fingerprint density at radius 3 is 2.23 bits per heavy atom. The maximum Gasteiger partial charge on any atom is 0.335 e. The standard InChI is InChI=1S/C24H24O11/c25-10-16-18(27)19(28)20(29)24(34-16)33-14-7-3-12(4-8-14)21-17(22(30)31)15(23(32)35-21)9-11-1-5-13(26)6-2-11/h1-9,16-21,24-29H,10H2,(H,30,31)/t16-,17+,18-,19+,20+,21+,24-/m1/s1. The minimum absolute atomic E-state index is 0.0276. The molecule has 4 rings (SSSR count). The average Bonchev–Trinajstić information content (AvgIpc) is 3.17. The summed E-state index contributed by atoms with van der Waals surface area (Å²) >= 11 is 0. The molecule has 2 heterocycles. The fourth-order valence-corrected chi connectivity index (χ4v) is 4.00. The van der Waals surface area contributed by atoms with Crippen molar-refractivity contribution in [1.82, 2.24) is 0 Å². The first-order chi connectivity index (χ1) is 16.7. The zero-order valence-corrected chi connectivity index (χ0v) is 18.2. The average molecular weight is 488 g/mol. The van der Waals surface area contributed by atoms with Gasteiger partial charge in [0.1, 0.15) is 47.9 Å². The number of benzene rings is 2. The quantitative estimate of drug-likeness (QED) is 0.237. The highest BCUT2D eigenvalue weighted by atomic mass is 16.7. The van der Waals surface area contributed by atoms with E-state index in [0.717, 1.165) is 0 Å². The van der Waals surface area contributed by atoms with E-state index in [2.05, 4.69) is 0 Å². The van der Waals surface area contributed by atoms with Gasteiger partial charge < -0.3 is 44.8 Å². The van der Waals surface area contributed by atoms with Crippen LogP contribution in [0.25, 0.3) is 6.08 Å². The number of carboxylic acids is 1. The minimum Gasteiger partial charge on any atom is -0.508 e. The highest BCUT2D eigenvalue weighted by Crippen LogP contribution is 2.40. The van der Waals surface area contributed by atoms with Crippen molar-refractivity contribution in [1.29, 1.82) is 0 Å². The van der Waals surface area contributed by atoms with E-state index in [-0.39, 0.29) is 17.1 Å². The number of aliphatic hydroxyl groups is 4. The lowest BCUT2D eigenvalue weighted by Gasteiger charge is -2.39. The van der Waals surface area contributed by atoms with Crippen molar-refractivity contribution in [3.05, 3.63) is 65.2 Å². The first-order valence-corrected chi connectivity index (χ1v) is 10.7. The Labute approximate surface area is 199 Å². The van der Waals surface area contributed by atoms with Crippen LogP contribution in [-0.2, 0) is 19.1 Å². The number of carbonyl (C=O) groups excluding carboxylic acids is 1. The van der Waals surface area contributed by atoms with E-state index in [9.17, 15) is 40.2 Å². The zero-order chi connectivity index (χ0) is 25.3. The van der Waals surface area contributed by atoms with Crippen LogP contribution in [0, 0.1) is 5.92 Å². The molecule has 0 bridgehead atoms. The Bertz CT molecular complexity index is 1090. The highest BCUT2D eigenvalue weighted by Gasteiger charge is 2.46. The Balaban J connectivity index is 1.53. The second kappa shape index (κ2) is 10.0. The van der Waals surface area contributed by atoms with Gasteiger partial charge in [0.25, 0.3) is 0 Å². The fraction of sp³-hybridized carbons (Fsp3) is 0.333. The van der Waals surface area contributed by atoms with E-state index in [4.69, 9.17) is 14.2 Å². The van der Waals surface area contributed by atoms with Gasteiger partial charge in [-0.2, -0.15) is 0 Å². The molecule has 0 aliphatic carbocycles. The van der Waals surface area contributed by atoms with Crippen molar-refractivity contribution in [3.63, 3.8) is 0 Å². The summed E-state index contributed by atoms with van der Waals surface area (Å²) in [5.74, 6) is -3.12. The molecular weight excluding hydrogens is 464 g/mol. The van der Waals surface area contributed by atoms with Crippen LogP contribution >= 0.6 is 0 Å². The largest absolute Gasteiger partial charge is 0.508 e. The van der Waals surface area contributed by atoms with Gasteiger partial charge in [-0.3, -0.25) is 4.79 Å². The number of carbonyl (C=O) groups is 2.